The summed E-state index contributed by atoms with van der Waals surface area (Å²) in [7, 11) is 1.41. The van der Waals surface area contributed by atoms with Crippen LogP contribution in [-0.4, -0.2) is 27.8 Å². The van der Waals surface area contributed by atoms with Gasteiger partial charge in [-0.2, -0.15) is 5.10 Å². The Labute approximate surface area is 121 Å². The van der Waals surface area contributed by atoms with Gasteiger partial charge in [-0.25, -0.2) is 9.37 Å². The topological polar surface area (TPSA) is 69.0 Å². The first kappa shape index (κ1) is 15.0. The number of hydrogen-bond donors (Lipinski definition) is 1. The molecule has 21 heavy (non-hydrogen) atoms. The molecule has 0 fully saturated rings. The van der Waals surface area contributed by atoms with Crippen LogP contribution in [0.3, 0.4) is 0 Å². The smallest absolute Gasteiger partial charge is 0.222 e. The Morgan fingerprint density at radius 1 is 1.52 bits per heavy atom. The van der Waals surface area contributed by atoms with Crippen LogP contribution >= 0.6 is 0 Å². The highest BCUT2D eigenvalue weighted by atomic mass is 19.1. The van der Waals surface area contributed by atoms with Crippen LogP contribution in [0.25, 0.3) is 0 Å². The first-order chi connectivity index (χ1) is 10.1. The molecule has 0 bridgehead atoms. The van der Waals surface area contributed by atoms with Gasteiger partial charge in [0.25, 0.3) is 0 Å². The number of nitrogens with one attached hydrogen (secondary N) is 1. The number of carbonyl (C=O) groups excluding carboxylic acids is 1. The van der Waals surface area contributed by atoms with Crippen molar-refractivity contribution in [3.63, 3.8) is 0 Å². The average Bonchev–Trinajstić information content (AvgIpc) is 2.98. The molecule has 0 aliphatic carbocycles. The van der Waals surface area contributed by atoms with Crippen molar-refractivity contribution < 1.29 is 13.9 Å². The highest BCUT2D eigenvalue weighted by Crippen LogP contribution is 2.21. The zero-order chi connectivity index (χ0) is 15.2. The number of halogens is 1. The molecule has 112 valence electrons. The van der Waals surface area contributed by atoms with Crippen molar-refractivity contribution in [2.45, 2.75) is 25.9 Å². The minimum Gasteiger partial charge on any atom is -0.494 e. The summed E-state index contributed by atoms with van der Waals surface area (Å²) in [4.78, 5) is 15.6. The lowest BCUT2D eigenvalue weighted by Crippen LogP contribution is -2.27. The van der Waals surface area contributed by atoms with Gasteiger partial charge < -0.3 is 10.1 Å². The van der Waals surface area contributed by atoms with Gasteiger partial charge in [0, 0.05) is 6.42 Å². The van der Waals surface area contributed by atoms with Gasteiger partial charge in [-0.15, -0.1) is 0 Å². The summed E-state index contributed by atoms with van der Waals surface area (Å²) >= 11 is 0. The van der Waals surface area contributed by atoms with Crippen LogP contribution in [0.15, 0.2) is 30.9 Å². The fourth-order valence-corrected chi connectivity index (χ4v) is 1.91. The Morgan fingerprint density at radius 2 is 2.33 bits per heavy atom. The zero-order valence-electron chi connectivity index (χ0n) is 11.9. The molecule has 2 aromatic rings. The van der Waals surface area contributed by atoms with Crippen molar-refractivity contribution in [2.75, 3.05) is 7.11 Å². The van der Waals surface area contributed by atoms with Crippen LogP contribution < -0.4 is 10.1 Å². The van der Waals surface area contributed by atoms with Crippen LogP contribution in [0.5, 0.6) is 5.75 Å². The number of methoxy groups -OCH3 is 1. The lowest BCUT2D eigenvalue weighted by atomic mass is 10.1. The monoisotopic (exact) mass is 292 g/mol. The predicted molar refractivity (Wildman–Crippen MR) is 74.1 cm³/mol. The molecule has 1 amide bonds. The Hall–Kier alpha value is -2.44. The summed E-state index contributed by atoms with van der Waals surface area (Å²) in [5.41, 5.74) is 0.683. The summed E-state index contributed by atoms with van der Waals surface area (Å²) in [5, 5.41) is 6.73. The molecule has 0 saturated carbocycles. The molecule has 7 heteroatoms. The maximum absolute atomic E-state index is 13.6. The summed E-state index contributed by atoms with van der Waals surface area (Å²) in [6.45, 7) is 2.25. The molecule has 0 aliphatic heterocycles. The Bertz CT molecular complexity index is 601. The van der Waals surface area contributed by atoms with Crippen molar-refractivity contribution in [3.8, 4) is 5.75 Å². The quantitative estimate of drug-likeness (QED) is 0.879. The third-order valence-electron chi connectivity index (χ3n) is 3.09. The van der Waals surface area contributed by atoms with Crippen molar-refractivity contribution in [3.05, 3.63) is 42.2 Å². The number of benzene rings is 1. The van der Waals surface area contributed by atoms with E-state index in [0.717, 1.165) is 0 Å². The molecule has 1 aromatic heterocycles. The van der Waals surface area contributed by atoms with Gasteiger partial charge in [0.2, 0.25) is 5.91 Å². The molecule has 1 N–H and O–H groups in total. The van der Waals surface area contributed by atoms with E-state index in [2.05, 4.69) is 15.4 Å². The molecule has 0 saturated heterocycles. The second kappa shape index (κ2) is 6.83. The fraction of sp³-hybridized carbons (Fsp3) is 0.357. The third kappa shape index (κ3) is 4.01. The number of hydrogen-bond acceptors (Lipinski definition) is 4. The maximum atomic E-state index is 13.6. The number of aryl methyl sites for hydroxylation is 1. The molecule has 0 spiro atoms. The van der Waals surface area contributed by atoms with Crippen LogP contribution in [-0.2, 0) is 11.3 Å². The van der Waals surface area contributed by atoms with E-state index in [9.17, 15) is 9.18 Å². The molecule has 2 rings (SSSR count). The Kier molecular flexibility index (Phi) is 4.86. The van der Waals surface area contributed by atoms with E-state index in [1.54, 1.807) is 30.1 Å². The number of aromatic nitrogens is 3. The Balaban J connectivity index is 1.89. The Morgan fingerprint density at radius 3 is 2.95 bits per heavy atom. The highest BCUT2D eigenvalue weighted by Gasteiger charge is 2.12. The standard InChI is InChI=1S/C14H17FN4O2/c1-10(11-3-4-13(21-2)12(15)7-11)18-14(20)5-6-19-9-16-8-17-19/h3-4,7-10H,5-6H2,1-2H3,(H,18,20)/t10-/m0/s1. The van der Waals surface area contributed by atoms with Gasteiger partial charge >= 0.3 is 0 Å². The average molecular weight is 292 g/mol. The van der Waals surface area contributed by atoms with Gasteiger partial charge in [-0.05, 0) is 24.6 Å². The maximum Gasteiger partial charge on any atom is 0.222 e. The fourth-order valence-electron chi connectivity index (χ4n) is 1.91. The SMILES string of the molecule is COc1ccc([C@H](C)NC(=O)CCn2cncn2)cc1F. The summed E-state index contributed by atoms with van der Waals surface area (Å²) in [6, 6.07) is 4.35. The number of amides is 1. The van der Waals surface area contributed by atoms with Gasteiger partial charge in [0.05, 0.1) is 19.7 Å². The van der Waals surface area contributed by atoms with Crippen molar-refractivity contribution >= 4 is 5.91 Å². The van der Waals surface area contributed by atoms with E-state index in [-0.39, 0.29) is 24.1 Å². The van der Waals surface area contributed by atoms with Crippen LogP contribution in [0.4, 0.5) is 4.39 Å². The van der Waals surface area contributed by atoms with Gasteiger partial charge in [-0.1, -0.05) is 6.07 Å². The van der Waals surface area contributed by atoms with E-state index in [0.29, 0.717) is 12.1 Å². The van der Waals surface area contributed by atoms with Crippen molar-refractivity contribution in [2.24, 2.45) is 0 Å². The van der Waals surface area contributed by atoms with E-state index >= 15 is 0 Å². The third-order valence-corrected chi connectivity index (χ3v) is 3.09. The summed E-state index contributed by atoms with van der Waals surface area (Å²) < 4.78 is 20.1. The summed E-state index contributed by atoms with van der Waals surface area (Å²) in [6.07, 6.45) is 3.25. The second-order valence-electron chi connectivity index (χ2n) is 4.59. The molecular weight excluding hydrogens is 275 g/mol. The van der Waals surface area contributed by atoms with Gasteiger partial charge in [0.15, 0.2) is 11.6 Å². The number of rotatable bonds is 6. The van der Waals surface area contributed by atoms with Crippen molar-refractivity contribution in [1.82, 2.24) is 20.1 Å². The molecule has 6 nitrogen and oxygen atoms in total. The molecular formula is C14H17FN4O2. The van der Waals surface area contributed by atoms with E-state index in [1.807, 2.05) is 0 Å². The van der Waals surface area contributed by atoms with E-state index in [4.69, 9.17) is 4.74 Å². The van der Waals surface area contributed by atoms with E-state index < -0.39 is 5.82 Å². The molecule has 0 radical (unpaired) electrons. The van der Waals surface area contributed by atoms with Crippen LogP contribution in [0, 0.1) is 5.82 Å². The highest BCUT2D eigenvalue weighted by molar-refractivity contribution is 5.76. The predicted octanol–water partition coefficient (Wildman–Crippen LogP) is 1.69. The number of nitrogens with zero attached hydrogens (tertiary/aromatic N) is 3. The van der Waals surface area contributed by atoms with Crippen LogP contribution in [0.1, 0.15) is 24.9 Å². The largest absolute Gasteiger partial charge is 0.494 e. The number of carbonyl (C=O) groups is 1. The molecule has 1 aromatic carbocycles. The number of ether oxygens (including phenoxy) is 1. The zero-order valence-corrected chi connectivity index (χ0v) is 11.9. The van der Waals surface area contributed by atoms with Gasteiger partial charge in [-0.3, -0.25) is 9.48 Å². The van der Waals surface area contributed by atoms with Crippen LogP contribution in [0.2, 0.25) is 0 Å². The van der Waals surface area contributed by atoms with Crippen molar-refractivity contribution in [1.29, 1.82) is 0 Å². The summed E-state index contributed by atoms with van der Waals surface area (Å²) in [5.74, 6) is -0.392. The molecule has 0 aliphatic rings. The lowest BCUT2D eigenvalue weighted by molar-refractivity contribution is -0.122. The van der Waals surface area contributed by atoms with E-state index in [1.165, 1.54) is 19.5 Å². The first-order valence-corrected chi connectivity index (χ1v) is 6.55. The second-order valence-corrected chi connectivity index (χ2v) is 4.59. The van der Waals surface area contributed by atoms with Gasteiger partial charge in [0.1, 0.15) is 12.7 Å². The molecule has 0 unspecified atom stereocenters. The first-order valence-electron chi connectivity index (χ1n) is 6.55. The molecule has 1 heterocycles. The lowest BCUT2D eigenvalue weighted by Gasteiger charge is -2.15. The molecule has 1 atom stereocenters. The normalized spacial score (nSPS) is 12.0. The minimum atomic E-state index is -0.446. The minimum absolute atomic E-state index is 0.130.